The van der Waals surface area contributed by atoms with Crippen molar-refractivity contribution in [1.82, 2.24) is 5.32 Å². The van der Waals surface area contributed by atoms with Crippen LogP contribution in [0.2, 0.25) is 0 Å². The number of hydrogen-bond acceptors (Lipinski definition) is 4. The van der Waals surface area contributed by atoms with Crippen LogP contribution in [-0.2, 0) is 14.3 Å². The Hall–Kier alpha value is -2.69. The van der Waals surface area contributed by atoms with Gasteiger partial charge in [0.05, 0.1) is 7.11 Å². The van der Waals surface area contributed by atoms with E-state index in [1.165, 1.54) is 19.3 Å². The van der Waals surface area contributed by atoms with Crippen molar-refractivity contribution in [3.05, 3.63) is 59.4 Å². The van der Waals surface area contributed by atoms with Crippen LogP contribution in [0.15, 0.2) is 53.8 Å². The van der Waals surface area contributed by atoms with E-state index >= 15 is 0 Å². The van der Waals surface area contributed by atoms with Crippen LogP contribution in [0.25, 0.3) is 0 Å². The highest BCUT2D eigenvalue weighted by Crippen LogP contribution is 2.17. The zero-order valence-electron chi connectivity index (χ0n) is 12.5. The Morgan fingerprint density at radius 2 is 1.82 bits per heavy atom. The molecule has 0 aromatic heterocycles. The Kier molecular flexibility index (Phi) is 4.88. The highest BCUT2D eigenvalue weighted by molar-refractivity contribution is 6.19. The minimum atomic E-state index is -0.335. The Morgan fingerprint density at radius 1 is 1.14 bits per heavy atom. The summed E-state index contributed by atoms with van der Waals surface area (Å²) in [5, 5.41) is 2.81. The fourth-order valence-electron chi connectivity index (χ4n) is 2.18. The number of rotatable bonds is 5. The molecule has 0 saturated carbocycles. The van der Waals surface area contributed by atoms with Crippen LogP contribution in [0, 0.1) is 0 Å². The largest absolute Gasteiger partial charge is 0.493 e. The molecule has 1 aromatic carbocycles. The minimum Gasteiger partial charge on any atom is -0.493 e. The first kappa shape index (κ1) is 15.7. The summed E-state index contributed by atoms with van der Waals surface area (Å²) < 4.78 is 4.83. The summed E-state index contributed by atoms with van der Waals surface area (Å²) in [6.07, 6.45) is 2.74. The molecule has 1 atom stereocenters. The fraction of sp³-hybridized carbons (Fsp3) is 0.235. The summed E-state index contributed by atoms with van der Waals surface area (Å²) in [4.78, 5) is 35.6. The first-order valence-electron chi connectivity index (χ1n) is 6.92. The van der Waals surface area contributed by atoms with Crippen LogP contribution < -0.4 is 5.32 Å². The number of methoxy groups -OCH3 is 1. The maximum absolute atomic E-state index is 12.0. The molecular formula is C17H17NO4. The predicted octanol–water partition coefficient (Wildman–Crippen LogP) is 1.80. The second kappa shape index (κ2) is 6.85. The molecule has 0 saturated heterocycles. The summed E-state index contributed by atoms with van der Waals surface area (Å²) in [5.74, 6) is -0.776. The van der Waals surface area contributed by atoms with Crippen molar-refractivity contribution in [2.75, 3.05) is 7.11 Å². The number of benzene rings is 1. The Labute approximate surface area is 128 Å². The van der Waals surface area contributed by atoms with Crippen molar-refractivity contribution in [2.24, 2.45) is 0 Å². The molecule has 5 nitrogen and oxygen atoms in total. The molecule has 1 aromatic rings. The number of carbonyl (C=O) groups is 3. The first-order chi connectivity index (χ1) is 10.5. The molecule has 1 N–H and O–H groups in total. The fourth-order valence-corrected chi connectivity index (χ4v) is 2.18. The third-order valence-corrected chi connectivity index (χ3v) is 3.29. The zero-order chi connectivity index (χ0) is 16.1. The lowest BCUT2D eigenvalue weighted by atomic mass is 9.96. The number of allylic oxidation sites excluding steroid dienone is 2. The monoisotopic (exact) mass is 299 g/mol. The van der Waals surface area contributed by atoms with E-state index < -0.39 is 0 Å². The van der Waals surface area contributed by atoms with Crippen LogP contribution in [0.3, 0.4) is 0 Å². The maximum atomic E-state index is 12.0. The van der Waals surface area contributed by atoms with Gasteiger partial charge in [-0.15, -0.1) is 0 Å². The molecule has 2 rings (SSSR count). The van der Waals surface area contributed by atoms with Gasteiger partial charge in [-0.2, -0.15) is 0 Å². The molecule has 1 amide bonds. The van der Waals surface area contributed by atoms with Gasteiger partial charge in [0.15, 0.2) is 11.5 Å². The topological polar surface area (TPSA) is 72.5 Å². The summed E-state index contributed by atoms with van der Waals surface area (Å²) in [7, 11) is 1.35. The van der Waals surface area contributed by atoms with E-state index in [0.29, 0.717) is 11.1 Å². The van der Waals surface area contributed by atoms with Crippen molar-refractivity contribution in [1.29, 1.82) is 0 Å². The molecule has 22 heavy (non-hydrogen) atoms. The number of amides is 1. The Morgan fingerprint density at radius 3 is 2.45 bits per heavy atom. The lowest BCUT2D eigenvalue weighted by molar-refractivity contribution is -0.117. The SMILES string of the molecule is COC1=CC(=O)C(CC(C)NC(=O)c2ccccc2)=CC1=O. The van der Waals surface area contributed by atoms with E-state index in [2.05, 4.69) is 5.32 Å². The molecule has 1 unspecified atom stereocenters. The maximum Gasteiger partial charge on any atom is 0.251 e. The second-order valence-electron chi connectivity index (χ2n) is 5.06. The molecule has 0 fully saturated rings. The van der Waals surface area contributed by atoms with Gasteiger partial charge in [-0.3, -0.25) is 14.4 Å². The van der Waals surface area contributed by atoms with E-state index in [4.69, 9.17) is 4.74 Å². The summed E-state index contributed by atoms with van der Waals surface area (Å²) in [6.45, 7) is 1.79. The van der Waals surface area contributed by atoms with Gasteiger partial charge in [0.25, 0.3) is 5.91 Å². The van der Waals surface area contributed by atoms with Crippen molar-refractivity contribution < 1.29 is 19.1 Å². The van der Waals surface area contributed by atoms with Crippen molar-refractivity contribution in [2.45, 2.75) is 19.4 Å². The lowest BCUT2D eigenvalue weighted by Crippen LogP contribution is -2.33. The van der Waals surface area contributed by atoms with Gasteiger partial charge in [0.2, 0.25) is 5.78 Å². The van der Waals surface area contributed by atoms with Crippen molar-refractivity contribution in [3.63, 3.8) is 0 Å². The minimum absolute atomic E-state index is 0.0368. The van der Waals surface area contributed by atoms with Gasteiger partial charge < -0.3 is 10.1 Å². The van der Waals surface area contributed by atoms with E-state index in [1.54, 1.807) is 31.2 Å². The standard InChI is InChI=1S/C17H17NO4/c1-11(18-17(21)12-6-4-3-5-7-12)8-13-9-15(20)16(22-2)10-14(13)19/h3-7,9-11H,8H2,1-2H3,(H,18,21). The van der Waals surface area contributed by atoms with Crippen molar-refractivity contribution >= 4 is 17.5 Å². The Bertz CT molecular complexity index is 658. The number of nitrogens with one attached hydrogen (secondary N) is 1. The summed E-state index contributed by atoms with van der Waals surface area (Å²) in [6, 6.07) is 8.55. The van der Waals surface area contributed by atoms with Crippen LogP contribution in [0.5, 0.6) is 0 Å². The Balaban J connectivity index is 1.98. The molecule has 0 aliphatic heterocycles. The number of carbonyl (C=O) groups excluding carboxylic acids is 3. The van der Waals surface area contributed by atoms with Crippen molar-refractivity contribution in [3.8, 4) is 0 Å². The molecular weight excluding hydrogens is 282 g/mol. The van der Waals surface area contributed by atoms with E-state index in [0.717, 1.165) is 0 Å². The molecule has 114 valence electrons. The van der Waals surface area contributed by atoms with Gasteiger partial charge in [0, 0.05) is 23.3 Å². The molecule has 0 heterocycles. The highest BCUT2D eigenvalue weighted by Gasteiger charge is 2.22. The quantitative estimate of drug-likeness (QED) is 0.842. The van der Waals surface area contributed by atoms with Crippen LogP contribution in [0.4, 0.5) is 0 Å². The normalized spacial score (nSPS) is 15.7. The van der Waals surface area contributed by atoms with Gasteiger partial charge in [-0.05, 0) is 31.6 Å². The first-order valence-corrected chi connectivity index (χ1v) is 6.92. The van der Waals surface area contributed by atoms with Crippen LogP contribution in [-0.4, -0.2) is 30.6 Å². The van der Waals surface area contributed by atoms with Crippen LogP contribution >= 0.6 is 0 Å². The summed E-state index contributed by atoms with van der Waals surface area (Å²) in [5.41, 5.74) is 0.919. The molecule has 0 radical (unpaired) electrons. The van der Waals surface area contributed by atoms with Gasteiger partial charge in [-0.1, -0.05) is 18.2 Å². The smallest absolute Gasteiger partial charge is 0.251 e. The van der Waals surface area contributed by atoms with E-state index in [-0.39, 0.29) is 35.7 Å². The third kappa shape index (κ3) is 3.69. The molecule has 5 heteroatoms. The molecule has 0 spiro atoms. The highest BCUT2D eigenvalue weighted by atomic mass is 16.5. The van der Waals surface area contributed by atoms with Gasteiger partial charge >= 0.3 is 0 Å². The number of hydrogen-bond donors (Lipinski definition) is 1. The zero-order valence-corrected chi connectivity index (χ0v) is 12.5. The van der Waals surface area contributed by atoms with Gasteiger partial charge in [0.1, 0.15) is 0 Å². The predicted molar refractivity (Wildman–Crippen MR) is 81.2 cm³/mol. The average Bonchev–Trinajstić information content (AvgIpc) is 2.51. The molecule has 0 bridgehead atoms. The average molecular weight is 299 g/mol. The molecule has 1 aliphatic rings. The molecule has 1 aliphatic carbocycles. The van der Waals surface area contributed by atoms with E-state index in [1.807, 2.05) is 6.07 Å². The lowest BCUT2D eigenvalue weighted by Gasteiger charge is -2.17. The van der Waals surface area contributed by atoms with E-state index in [9.17, 15) is 14.4 Å². The second-order valence-corrected chi connectivity index (χ2v) is 5.06. The van der Waals surface area contributed by atoms with Gasteiger partial charge in [-0.25, -0.2) is 0 Å². The third-order valence-electron chi connectivity index (χ3n) is 3.29. The number of ether oxygens (including phenoxy) is 1. The number of ketones is 2. The van der Waals surface area contributed by atoms with Crippen LogP contribution in [0.1, 0.15) is 23.7 Å². The summed E-state index contributed by atoms with van der Waals surface area (Å²) >= 11 is 0.